The SMILES string of the molecule is CCCCc1nc2c(C)ccc(C(O)c3ccc(-c4ccccc4C(=O)O)cc3)n2c1C(=O)O. The number of carboxylic acids is 2. The van der Waals surface area contributed by atoms with E-state index < -0.39 is 18.0 Å². The molecule has 0 aliphatic rings. The molecule has 4 rings (SSSR count). The first-order chi connectivity index (χ1) is 16.3. The monoisotopic (exact) mass is 458 g/mol. The van der Waals surface area contributed by atoms with Gasteiger partial charge >= 0.3 is 11.9 Å². The van der Waals surface area contributed by atoms with Crippen LogP contribution in [0.1, 0.15) is 69.2 Å². The second-order valence-corrected chi connectivity index (χ2v) is 8.29. The van der Waals surface area contributed by atoms with Crippen LogP contribution in [0.15, 0.2) is 60.7 Å². The zero-order valence-electron chi connectivity index (χ0n) is 19.0. The standard InChI is InChI=1S/C27H26N2O5/c1-3-4-9-21-23(27(33)34)29-22(15-10-16(2)25(29)28-21)24(30)18-13-11-17(12-14-18)19-7-5-6-8-20(19)26(31)32/h5-8,10-15,24,30H,3-4,9H2,1-2H3,(H,31,32)(H,33,34). The third-order valence-corrected chi connectivity index (χ3v) is 6.01. The Morgan fingerprint density at radius 2 is 1.68 bits per heavy atom. The van der Waals surface area contributed by atoms with Gasteiger partial charge in [-0.25, -0.2) is 14.6 Å². The van der Waals surface area contributed by atoms with E-state index in [1.807, 2.05) is 19.9 Å². The number of carbonyl (C=O) groups is 2. The van der Waals surface area contributed by atoms with Crippen LogP contribution in [0.25, 0.3) is 16.8 Å². The Kier molecular flexibility index (Phi) is 6.47. The Bertz CT molecular complexity index is 1370. The maximum Gasteiger partial charge on any atom is 0.354 e. The van der Waals surface area contributed by atoms with Gasteiger partial charge in [0.1, 0.15) is 11.8 Å². The molecule has 0 aliphatic heterocycles. The molecule has 0 spiro atoms. The van der Waals surface area contributed by atoms with E-state index in [4.69, 9.17) is 0 Å². The maximum atomic E-state index is 12.2. The summed E-state index contributed by atoms with van der Waals surface area (Å²) >= 11 is 0. The minimum atomic E-state index is -1.10. The number of aliphatic hydroxyl groups is 1. The predicted molar refractivity (Wildman–Crippen MR) is 128 cm³/mol. The third-order valence-electron chi connectivity index (χ3n) is 6.01. The van der Waals surface area contributed by atoms with Crippen molar-refractivity contribution in [3.8, 4) is 11.1 Å². The molecule has 0 amide bonds. The van der Waals surface area contributed by atoms with Gasteiger partial charge in [0, 0.05) is 0 Å². The van der Waals surface area contributed by atoms with Crippen LogP contribution < -0.4 is 0 Å². The highest BCUT2D eigenvalue weighted by molar-refractivity contribution is 5.96. The number of hydrogen-bond donors (Lipinski definition) is 3. The molecule has 0 fully saturated rings. The number of nitrogens with zero attached hydrogens (tertiary/aromatic N) is 2. The first-order valence-electron chi connectivity index (χ1n) is 11.2. The number of imidazole rings is 1. The second kappa shape index (κ2) is 9.49. The molecular formula is C27H26N2O5. The molecule has 0 aliphatic carbocycles. The molecule has 0 radical (unpaired) electrons. The lowest BCUT2D eigenvalue weighted by Gasteiger charge is -2.16. The van der Waals surface area contributed by atoms with Gasteiger partial charge in [0.15, 0.2) is 5.69 Å². The van der Waals surface area contributed by atoms with Gasteiger partial charge in [0.25, 0.3) is 0 Å². The normalized spacial score (nSPS) is 12.1. The summed E-state index contributed by atoms with van der Waals surface area (Å²) in [6, 6.07) is 17.2. The van der Waals surface area contributed by atoms with Crippen molar-refractivity contribution in [2.45, 2.75) is 39.2 Å². The highest BCUT2D eigenvalue weighted by Gasteiger charge is 2.24. The van der Waals surface area contributed by atoms with Gasteiger partial charge in [-0.1, -0.05) is 61.9 Å². The van der Waals surface area contributed by atoms with Crippen molar-refractivity contribution in [2.24, 2.45) is 0 Å². The topological polar surface area (TPSA) is 112 Å². The summed E-state index contributed by atoms with van der Waals surface area (Å²) in [5.41, 5.74) is 4.38. The van der Waals surface area contributed by atoms with Crippen molar-refractivity contribution < 1.29 is 24.9 Å². The van der Waals surface area contributed by atoms with E-state index in [1.54, 1.807) is 59.0 Å². The van der Waals surface area contributed by atoms with Gasteiger partial charge in [-0.15, -0.1) is 0 Å². The number of pyridine rings is 1. The molecule has 34 heavy (non-hydrogen) atoms. The number of fused-ring (bicyclic) bond motifs is 1. The zero-order valence-corrected chi connectivity index (χ0v) is 19.0. The molecule has 4 aromatic rings. The minimum Gasteiger partial charge on any atom is -0.478 e. The molecule has 0 bridgehead atoms. The van der Waals surface area contributed by atoms with Crippen molar-refractivity contribution >= 4 is 17.6 Å². The lowest BCUT2D eigenvalue weighted by molar-refractivity contribution is 0.0680. The molecule has 7 nitrogen and oxygen atoms in total. The number of hydrogen-bond acceptors (Lipinski definition) is 4. The Morgan fingerprint density at radius 1 is 0.971 bits per heavy atom. The summed E-state index contributed by atoms with van der Waals surface area (Å²) in [6.07, 6.45) is 1.18. The van der Waals surface area contributed by atoms with E-state index in [-0.39, 0.29) is 11.3 Å². The average Bonchev–Trinajstić information content (AvgIpc) is 3.23. The summed E-state index contributed by atoms with van der Waals surface area (Å²) in [4.78, 5) is 28.3. The van der Waals surface area contributed by atoms with Crippen molar-refractivity contribution in [2.75, 3.05) is 0 Å². The Balaban J connectivity index is 1.78. The van der Waals surface area contributed by atoms with Gasteiger partial charge in [0.05, 0.1) is 17.0 Å². The largest absolute Gasteiger partial charge is 0.478 e. The van der Waals surface area contributed by atoms with Gasteiger partial charge in [0.2, 0.25) is 0 Å². The number of rotatable bonds is 8. The van der Waals surface area contributed by atoms with Crippen molar-refractivity contribution in [1.82, 2.24) is 9.38 Å². The van der Waals surface area contributed by atoms with Crippen LogP contribution >= 0.6 is 0 Å². The van der Waals surface area contributed by atoms with E-state index in [0.717, 1.165) is 18.4 Å². The number of aliphatic hydroxyl groups excluding tert-OH is 1. The van der Waals surface area contributed by atoms with Crippen LogP contribution in [-0.4, -0.2) is 36.6 Å². The van der Waals surface area contributed by atoms with Gasteiger partial charge < -0.3 is 15.3 Å². The predicted octanol–water partition coefficient (Wildman–Crippen LogP) is 5.13. The summed E-state index contributed by atoms with van der Waals surface area (Å²) in [7, 11) is 0. The fraction of sp³-hybridized carbons (Fsp3) is 0.222. The number of unbranched alkanes of at least 4 members (excludes halogenated alkanes) is 1. The molecule has 2 aromatic carbocycles. The summed E-state index contributed by atoms with van der Waals surface area (Å²) in [5.74, 6) is -2.10. The smallest absolute Gasteiger partial charge is 0.354 e. The average molecular weight is 459 g/mol. The van der Waals surface area contributed by atoms with Gasteiger partial charge in [-0.05, 0) is 54.2 Å². The quantitative estimate of drug-likeness (QED) is 0.337. The Hall–Kier alpha value is -3.97. The lowest BCUT2D eigenvalue weighted by Crippen LogP contribution is -2.13. The fourth-order valence-corrected chi connectivity index (χ4v) is 4.23. The molecule has 0 saturated heterocycles. The number of aromatic carboxylic acids is 2. The molecule has 7 heteroatoms. The van der Waals surface area contributed by atoms with Crippen molar-refractivity contribution in [3.63, 3.8) is 0 Å². The van der Waals surface area contributed by atoms with E-state index in [2.05, 4.69) is 4.98 Å². The lowest BCUT2D eigenvalue weighted by atomic mass is 9.97. The molecule has 1 atom stereocenters. The van der Waals surface area contributed by atoms with Crippen molar-refractivity contribution in [3.05, 3.63) is 94.4 Å². The van der Waals surface area contributed by atoms with Gasteiger partial charge in [-0.2, -0.15) is 0 Å². The molecule has 174 valence electrons. The van der Waals surface area contributed by atoms with E-state index in [9.17, 15) is 24.9 Å². The first kappa shape index (κ1) is 23.2. The second-order valence-electron chi connectivity index (χ2n) is 8.29. The molecule has 2 heterocycles. The first-order valence-corrected chi connectivity index (χ1v) is 11.2. The molecular weight excluding hydrogens is 432 g/mol. The van der Waals surface area contributed by atoms with Crippen LogP contribution in [-0.2, 0) is 6.42 Å². The maximum absolute atomic E-state index is 12.2. The van der Waals surface area contributed by atoms with E-state index >= 15 is 0 Å². The highest BCUT2D eigenvalue weighted by Crippen LogP contribution is 2.30. The number of benzene rings is 2. The van der Waals surface area contributed by atoms with Crippen molar-refractivity contribution in [1.29, 1.82) is 0 Å². The van der Waals surface area contributed by atoms with Crippen LogP contribution in [0.5, 0.6) is 0 Å². The van der Waals surface area contributed by atoms with E-state index in [0.29, 0.717) is 40.1 Å². The third kappa shape index (κ3) is 4.18. The number of aryl methyl sites for hydroxylation is 2. The molecule has 2 aromatic heterocycles. The van der Waals surface area contributed by atoms with Crippen LogP contribution in [0.2, 0.25) is 0 Å². The van der Waals surface area contributed by atoms with E-state index in [1.165, 1.54) is 0 Å². The summed E-state index contributed by atoms with van der Waals surface area (Å²) in [6.45, 7) is 3.90. The molecule has 3 N–H and O–H groups in total. The van der Waals surface area contributed by atoms with Crippen LogP contribution in [0, 0.1) is 6.92 Å². The summed E-state index contributed by atoms with van der Waals surface area (Å²) < 4.78 is 1.54. The molecule has 0 saturated carbocycles. The molecule has 1 unspecified atom stereocenters. The fourth-order valence-electron chi connectivity index (χ4n) is 4.23. The van der Waals surface area contributed by atoms with Crippen LogP contribution in [0.4, 0.5) is 0 Å². The number of carboxylic acid groups (broad SMARTS) is 2. The van der Waals surface area contributed by atoms with Crippen LogP contribution in [0.3, 0.4) is 0 Å². The Labute approximate surface area is 197 Å². The number of aromatic nitrogens is 2. The summed E-state index contributed by atoms with van der Waals surface area (Å²) in [5, 5.41) is 30.7. The minimum absolute atomic E-state index is 0.0770. The highest BCUT2D eigenvalue weighted by atomic mass is 16.4. The van der Waals surface area contributed by atoms with Gasteiger partial charge in [-0.3, -0.25) is 4.40 Å². The zero-order chi connectivity index (χ0) is 24.4. The Morgan fingerprint density at radius 3 is 2.32 bits per heavy atom.